The Labute approximate surface area is 167 Å². The van der Waals surface area contributed by atoms with Gasteiger partial charge in [-0.3, -0.25) is 9.20 Å². The first-order chi connectivity index (χ1) is 13.5. The Balaban J connectivity index is 1.39. The SMILES string of the molecule is COc1ccc(CC(=O)N2CCN(c3cc(C)n4cnnc4n3)CC2)cc1Cl. The second kappa shape index (κ2) is 7.63. The molecule has 9 heteroatoms. The lowest BCUT2D eigenvalue weighted by Gasteiger charge is -2.35. The monoisotopic (exact) mass is 400 g/mol. The molecule has 0 atom stereocenters. The first kappa shape index (κ1) is 18.5. The molecule has 1 aromatic carbocycles. The predicted molar refractivity (Wildman–Crippen MR) is 106 cm³/mol. The molecular formula is C19H21ClN6O2. The largest absolute Gasteiger partial charge is 0.495 e. The van der Waals surface area contributed by atoms with Gasteiger partial charge in [0.2, 0.25) is 5.91 Å². The zero-order valence-electron chi connectivity index (χ0n) is 15.8. The van der Waals surface area contributed by atoms with Gasteiger partial charge in [0, 0.05) is 37.9 Å². The van der Waals surface area contributed by atoms with Gasteiger partial charge in [-0.1, -0.05) is 17.7 Å². The number of benzene rings is 1. The summed E-state index contributed by atoms with van der Waals surface area (Å²) in [5, 5.41) is 8.45. The smallest absolute Gasteiger partial charge is 0.256 e. The van der Waals surface area contributed by atoms with Crippen LogP contribution in [-0.4, -0.2) is 63.7 Å². The fourth-order valence-corrected chi connectivity index (χ4v) is 3.68. The maximum absolute atomic E-state index is 12.7. The number of nitrogens with zero attached hydrogens (tertiary/aromatic N) is 6. The summed E-state index contributed by atoms with van der Waals surface area (Å²) in [6.45, 7) is 4.77. The molecule has 0 radical (unpaired) electrons. The number of ether oxygens (including phenoxy) is 1. The molecule has 1 aliphatic rings. The van der Waals surface area contributed by atoms with Crippen molar-refractivity contribution in [2.45, 2.75) is 13.3 Å². The lowest BCUT2D eigenvalue weighted by Crippen LogP contribution is -2.49. The number of aryl methyl sites for hydroxylation is 1. The zero-order valence-corrected chi connectivity index (χ0v) is 16.6. The summed E-state index contributed by atoms with van der Waals surface area (Å²) >= 11 is 6.16. The maximum Gasteiger partial charge on any atom is 0.256 e. The third-order valence-corrected chi connectivity index (χ3v) is 5.29. The Bertz CT molecular complexity index is 1010. The second-order valence-corrected chi connectivity index (χ2v) is 7.18. The Kier molecular flexibility index (Phi) is 5.04. The summed E-state index contributed by atoms with van der Waals surface area (Å²) in [7, 11) is 1.57. The van der Waals surface area contributed by atoms with E-state index < -0.39 is 0 Å². The van der Waals surface area contributed by atoms with Crippen LogP contribution in [0.2, 0.25) is 5.02 Å². The molecular weight excluding hydrogens is 380 g/mol. The van der Waals surface area contributed by atoms with Gasteiger partial charge >= 0.3 is 0 Å². The first-order valence-electron chi connectivity index (χ1n) is 9.07. The minimum Gasteiger partial charge on any atom is -0.495 e. The molecule has 1 saturated heterocycles. The van der Waals surface area contributed by atoms with Crippen LogP contribution in [0.5, 0.6) is 5.75 Å². The molecule has 0 aliphatic carbocycles. The van der Waals surface area contributed by atoms with E-state index in [2.05, 4.69) is 20.1 Å². The molecule has 1 aliphatic heterocycles. The van der Waals surface area contributed by atoms with E-state index in [1.54, 1.807) is 25.6 Å². The van der Waals surface area contributed by atoms with Crippen molar-refractivity contribution in [1.29, 1.82) is 0 Å². The van der Waals surface area contributed by atoms with Crippen molar-refractivity contribution in [2.24, 2.45) is 0 Å². The van der Waals surface area contributed by atoms with Crippen molar-refractivity contribution >= 4 is 29.1 Å². The average molecular weight is 401 g/mol. The standard InChI is InChI=1S/C19H21ClN6O2/c1-13-9-17(22-19-23-21-12-26(13)19)24-5-7-25(8-6-24)18(27)11-14-3-4-16(28-2)15(20)10-14/h3-4,9-10,12H,5-8,11H2,1-2H3. The molecule has 0 spiro atoms. The van der Waals surface area contributed by atoms with E-state index in [0.29, 0.717) is 36.1 Å². The highest BCUT2D eigenvalue weighted by molar-refractivity contribution is 6.32. The van der Waals surface area contributed by atoms with E-state index in [0.717, 1.165) is 30.2 Å². The summed E-state index contributed by atoms with van der Waals surface area (Å²) in [4.78, 5) is 21.3. The van der Waals surface area contributed by atoms with E-state index >= 15 is 0 Å². The van der Waals surface area contributed by atoms with Gasteiger partial charge in [-0.05, 0) is 24.6 Å². The van der Waals surface area contributed by atoms with Crippen molar-refractivity contribution in [3.63, 3.8) is 0 Å². The number of anilines is 1. The molecule has 1 fully saturated rings. The van der Waals surface area contributed by atoms with Crippen LogP contribution in [-0.2, 0) is 11.2 Å². The minimum absolute atomic E-state index is 0.0953. The van der Waals surface area contributed by atoms with Crippen LogP contribution in [0.1, 0.15) is 11.3 Å². The van der Waals surface area contributed by atoms with Crippen LogP contribution in [0.25, 0.3) is 5.78 Å². The van der Waals surface area contributed by atoms with Crippen LogP contribution in [0.4, 0.5) is 5.82 Å². The molecule has 2 aromatic heterocycles. The minimum atomic E-state index is 0.0953. The Hall–Kier alpha value is -2.87. The number of rotatable bonds is 4. The highest BCUT2D eigenvalue weighted by Crippen LogP contribution is 2.25. The van der Waals surface area contributed by atoms with Gasteiger partial charge in [0.1, 0.15) is 17.9 Å². The van der Waals surface area contributed by atoms with E-state index in [9.17, 15) is 4.79 Å². The normalized spacial score (nSPS) is 14.5. The van der Waals surface area contributed by atoms with E-state index in [1.165, 1.54) is 0 Å². The molecule has 0 N–H and O–H groups in total. The van der Waals surface area contributed by atoms with Crippen molar-refractivity contribution in [1.82, 2.24) is 24.5 Å². The van der Waals surface area contributed by atoms with Gasteiger partial charge < -0.3 is 14.5 Å². The molecule has 8 nitrogen and oxygen atoms in total. The third kappa shape index (κ3) is 3.60. The van der Waals surface area contributed by atoms with E-state index in [-0.39, 0.29) is 5.91 Å². The second-order valence-electron chi connectivity index (χ2n) is 6.77. The summed E-state index contributed by atoms with van der Waals surface area (Å²) in [6, 6.07) is 7.47. The average Bonchev–Trinajstić information content (AvgIpc) is 3.17. The molecule has 4 rings (SSSR count). The van der Waals surface area contributed by atoms with Gasteiger partial charge in [-0.25, -0.2) is 0 Å². The summed E-state index contributed by atoms with van der Waals surface area (Å²) < 4.78 is 7.01. The number of amides is 1. The third-order valence-electron chi connectivity index (χ3n) is 4.99. The number of carbonyl (C=O) groups excluding carboxylic acids is 1. The predicted octanol–water partition coefficient (Wildman–Crippen LogP) is 1.99. The number of methoxy groups -OCH3 is 1. The quantitative estimate of drug-likeness (QED) is 0.666. The van der Waals surface area contributed by atoms with Crippen molar-refractivity contribution in [3.8, 4) is 5.75 Å². The lowest BCUT2D eigenvalue weighted by atomic mass is 10.1. The molecule has 3 heterocycles. The molecule has 1 amide bonds. The number of hydrogen-bond acceptors (Lipinski definition) is 6. The molecule has 0 saturated carbocycles. The topological polar surface area (TPSA) is 75.9 Å². The van der Waals surface area contributed by atoms with Gasteiger partial charge in [-0.2, -0.15) is 4.98 Å². The molecule has 3 aromatic rings. The summed E-state index contributed by atoms with van der Waals surface area (Å²) in [5.74, 6) is 2.16. The fourth-order valence-electron chi connectivity index (χ4n) is 3.40. The Morgan fingerprint density at radius 1 is 1.21 bits per heavy atom. The highest BCUT2D eigenvalue weighted by atomic mass is 35.5. The van der Waals surface area contributed by atoms with Gasteiger partial charge in [-0.15, -0.1) is 10.2 Å². The zero-order chi connectivity index (χ0) is 19.7. The van der Waals surface area contributed by atoms with Crippen LogP contribution in [0.3, 0.4) is 0 Å². The Morgan fingerprint density at radius 3 is 2.71 bits per heavy atom. The molecule has 28 heavy (non-hydrogen) atoms. The summed E-state index contributed by atoms with van der Waals surface area (Å²) in [6.07, 6.45) is 1.98. The molecule has 146 valence electrons. The number of carbonyl (C=O) groups is 1. The van der Waals surface area contributed by atoms with Gasteiger partial charge in [0.25, 0.3) is 5.78 Å². The maximum atomic E-state index is 12.7. The fraction of sp³-hybridized carbons (Fsp3) is 0.368. The number of fused-ring (bicyclic) bond motifs is 1. The van der Waals surface area contributed by atoms with Gasteiger partial charge in [0.05, 0.1) is 18.6 Å². The van der Waals surface area contributed by atoms with Crippen LogP contribution in [0, 0.1) is 6.92 Å². The van der Waals surface area contributed by atoms with Crippen molar-refractivity contribution in [3.05, 3.63) is 46.9 Å². The summed E-state index contributed by atoms with van der Waals surface area (Å²) in [5.41, 5.74) is 1.91. The van der Waals surface area contributed by atoms with Crippen molar-refractivity contribution in [2.75, 3.05) is 38.2 Å². The van der Waals surface area contributed by atoms with E-state index in [4.69, 9.17) is 16.3 Å². The van der Waals surface area contributed by atoms with Crippen LogP contribution < -0.4 is 9.64 Å². The number of hydrogen-bond donors (Lipinski definition) is 0. The van der Waals surface area contributed by atoms with E-state index in [1.807, 2.05) is 28.4 Å². The molecule has 0 bridgehead atoms. The Morgan fingerprint density at radius 2 is 2.00 bits per heavy atom. The lowest BCUT2D eigenvalue weighted by molar-refractivity contribution is -0.130. The first-order valence-corrected chi connectivity index (χ1v) is 9.45. The highest BCUT2D eigenvalue weighted by Gasteiger charge is 2.23. The number of aromatic nitrogens is 4. The number of piperazine rings is 1. The molecule has 0 unspecified atom stereocenters. The van der Waals surface area contributed by atoms with Crippen LogP contribution >= 0.6 is 11.6 Å². The van der Waals surface area contributed by atoms with Crippen molar-refractivity contribution < 1.29 is 9.53 Å². The number of halogens is 1. The van der Waals surface area contributed by atoms with Gasteiger partial charge in [0.15, 0.2) is 0 Å². The van der Waals surface area contributed by atoms with Crippen LogP contribution in [0.15, 0.2) is 30.6 Å².